The van der Waals surface area contributed by atoms with Gasteiger partial charge in [-0.3, -0.25) is 9.59 Å². The average molecular weight is 421 g/mol. The normalized spacial score (nSPS) is 13.9. The van der Waals surface area contributed by atoms with Gasteiger partial charge in [-0.1, -0.05) is 30.3 Å². The number of anilines is 1. The molecule has 160 valence electrons. The summed E-state index contributed by atoms with van der Waals surface area (Å²) in [6.45, 7) is 2.80. The first kappa shape index (κ1) is 20.7. The van der Waals surface area contributed by atoms with E-state index in [1.807, 2.05) is 18.2 Å². The number of halogens is 1. The van der Waals surface area contributed by atoms with Crippen molar-refractivity contribution in [2.75, 3.05) is 31.1 Å². The quantitative estimate of drug-likeness (QED) is 0.636. The average Bonchev–Trinajstić information content (AvgIpc) is 2.80. The Balaban J connectivity index is 1.41. The molecule has 6 nitrogen and oxygen atoms in total. The molecule has 0 unspecified atom stereocenters. The lowest BCUT2D eigenvalue weighted by Crippen LogP contribution is -2.49. The number of pyridine rings is 1. The number of hydrogen-bond acceptors (Lipinski definition) is 4. The molecular formula is C24H24FN3O3. The largest absolute Gasteiger partial charge is 0.483 e. The van der Waals surface area contributed by atoms with E-state index < -0.39 is 0 Å². The number of benzene rings is 2. The van der Waals surface area contributed by atoms with Crippen molar-refractivity contribution in [2.24, 2.45) is 7.05 Å². The van der Waals surface area contributed by atoms with Crippen molar-refractivity contribution in [3.63, 3.8) is 0 Å². The molecule has 0 radical (unpaired) electrons. The van der Waals surface area contributed by atoms with Gasteiger partial charge in [0.2, 0.25) is 5.43 Å². The molecule has 0 atom stereocenters. The van der Waals surface area contributed by atoms with Gasteiger partial charge in [0.05, 0.1) is 6.20 Å². The van der Waals surface area contributed by atoms with Gasteiger partial charge < -0.3 is 19.1 Å². The van der Waals surface area contributed by atoms with Crippen molar-refractivity contribution in [3.8, 4) is 5.75 Å². The number of aryl methyl sites for hydroxylation is 1. The summed E-state index contributed by atoms with van der Waals surface area (Å²) in [5.41, 5.74) is 1.86. The van der Waals surface area contributed by atoms with Gasteiger partial charge in [-0.25, -0.2) is 4.39 Å². The van der Waals surface area contributed by atoms with Crippen LogP contribution in [0.15, 0.2) is 71.7 Å². The van der Waals surface area contributed by atoms with Crippen LogP contribution in [0.1, 0.15) is 16.1 Å². The fourth-order valence-electron chi connectivity index (χ4n) is 3.64. The zero-order valence-electron chi connectivity index (χ0n) is 17.3. The van der Waals surface area contributed by atoms with Crippen molar-refractivity contribution in [2.45, 2.75) is 6.61 Å². The van der Waals surface area contributed by atoms with Crippen LogP contribution >= 0.6 is 0 Å². The maximum absolute atomic E-state index is 13.0. The lowest BCUT2D eigenvalue weighted by atomic mass is 10.2. The number of carbonyl (C=O) groups excluding carboxylic acids is 1. The smallest absolute Gasteiger partial charge is 0.270 e. The Morgan fingerprint density at radius 3 is 2.35 bits per heavy atom. The molecule has 31 heavy (non-hydrogen) atoms. The molecular weight excluding hydrogens is 397 g/mol. The summed E-state index contributed by atoms with van der Waals surface area (Å²) in [5, 5.41) is 0. The van der Waals surface area contributed by atoms with Gasteiger partial charge in [0.1, 0.15) is 18.1 Å². The van der Waals surface area contributed by atoms with Crippen LogP contribution in [0, 0.1) is 5.82 Å². The van der Waals surface area contributed by atoms with Crippen molar-refractivity contribution in [3.05, 3.63) is 94.2 Å². The van der Waals surface area contributed by atoms with Gasteiger partial charge in [-0.15, -0.1) is 0 Å². The summed E-state index contributed by atoms with van der Waals surface area (Å²) in [4.78, 5) is 29.5. The molecule has 0 aliphatic carbocycles. The number of nitrogens with zero attached hydrogens (tertiary/aromatic N) is 3. The van der Waals surface area contributed by atoms with Gasteiger partial charge in [0, 0.05) is 45.0 Å². The van der Waals surface area contributed by atoms with E-state index in [-0.39, 0.29) is 29.5 Å². The number of amides is 1. The summed E-state index contributed by atoms with van der Waals surface area (Å²) < 4.78 is 20.2. The van der Waals surface area contributed by atoms with Crippen LogP contribution in [0.2, 0.25) is 0 Å². The molecule has 2 heterocycles. The second-order valence-electron chi connectivity index (χ2n) is 7.53. The van der Waals surface area contributed by atoms with Crippen molar-refractivity contribution in [1.29, 1.82) is 0 Å². The second-order valence-corrected chi connectivity index (χ2v) is 7.53. The Bertz CT molecular complexity index is 1110. The molecule has 0 saturated carbocycles. The first-order chi connectivity index (χ1) is 15.0. The third kappa shape index (κ3) is 4.77. The van der Waals surface area contributed by atoms with E-state index in [0.717, 1.165) is 24.3 Å². The first-order valence-corrected chi connectivity index (χ1v) is 10.2. The molecule has 3 aromatic rings. The summed E-state index contributed by atoms with van der Waals surface area (Å²) in [7, 11) is 1.72. The topological polar surface area (TPSA) is 54.8 Å². The Morgan fingerprint density at radius 2 is 1.68 bits per heavy atom. The van der Waals surface area contributed by atoms with Crippen LogP contribution in [-0.4, -0.2) is 41.6 Å². The van der Waals surface area contributed by atoms with Crippen LogP contribution in [0.3, 0.4) is 0 Å². The third-order valence-corrected chi connectivity index (χ3v) is 5.42. The van der Waals surface area contributed by atoms with Gasteiger partial charge in [-0.2, -0.15) is 0 Å². The highest BCUT2D eigenvalue weighted by Crippen LogP contribution is 2.17. The highest BCUT2D eigenvalue weighted by Gasteiger charge is 2.24. The summed E-state index contributed by atoms with van der Waals surface area (Å²) in [5.74, 6) is -0.346. The zero-order valence-corrected chi connectivity index (χ0v) is 17.3. The maximum Gasteiger partial charge on any atom is 0.270 e. The fraction of sp³-hybridized carbons (Fsp3) is 0.250. The predicted octanol–water partition coefficient (Wildman–Crippen LogP) is 3.07. The molecule has 7 heteroatoms. The van der Waals surface area contributed by atoms with Gasteiger partial charge >= 0.3 is 0 Å². The number of rotatable bonds is 5. The van der Waals surface area contributed by atoms with Crippen LogP contribution in [0.5, 0.6) is 5.75 Å². The Morgan fingerprint density at radius 1 is 1.00 bits per heavy atom. The highest BCUT2D eigenvalue weighted by molar-refractivity contribution is 5.92. The number of ether oxygens (including phenoxy) is 1. The predicted molar refractivity (Wildman–Crippen MR) is 117 cm³/mol. The van der Waals surface area contributed by atoms with E-state index in [1.54, 1.807) is 28.6 Å². The third-order valence-electron chi connectivity index (χ3n) is 5.42. The minimum atomic E-state index is -0.355. The molecule has 1 fully saturated rings. The van der Waals surface area contributed by atoms with E-state index in [4.69, 9.17) is 4.74 Å². The number of piperazine rings is 1. The summed E-state index contributed by atoms with van der Waals surface area (Å²) in [6.07, 6.45) is 1.53. The molecule has 1 aliphatic rings. The first-order valence-electron chi connectivity index (χ1n) is 10.2. The number of para-hydroxylation sites is 1. The molecule has 0 spiro atoms. The Hall–Kier alpha value is -3.61. The number of hydrogen-bond donors (Lipinski definition) is 0. The van der Waals surface area contributed by atoms with Crippen molar-refractivity contribution < 1.29 is 13.9 Å². The zero-order chi connectivity index (χ0) is 21.8. The number of aromatic nitrogens is 1. The van der Waals surface area contributed by atoms with E-state index in [0.29, 0.717) is 18.8 Å². The van der Waals surface area contributed by atoms with Crippen LogP contribution in [0.4, 0.5) is 10.1 Å². The Kier molecular flexibility index (Phi) is 6.02. The maximum atomic E-state index is 13.0. The lowest BCUT2D eigenvalue weighted by Gasteiger charge is -2.36. The summed E-state index contributed by atoms with van der Waals surface area (Å²) in [6, 6.07) is 17.3. The standard InChI is InChI=1S/C24H24FN3O3/c1-26-16-23(31-17-18-7-9-19(25)10-8-18)22(29)15-21(26)24(30)28-13-11-27(12-14-28)20-5-3-2-4-6-20/h2-10,15-16H,11-14,17H2,1H3. The van der Waals surface area contributed by atoms with Crippen LogP contribution in [0.25, 0.3) is 0 Å². The van der Waals surface area contributed by atoms with Gasteiger partial charge in [0.25, 0.3) is 5.91 Å². The Labute approximate surface area is 180 Å². The van der Waals surface area contributed by atoms with Crippen molar-refractivity contribution >= 4 is 11.6 Å². The van der Waals surface area contributed by atoms with Crippen LogP contribution < -0.4 is 15.1 Å². The minimum absolute atomic E-state index is 0.143. The van der Waals surface area contributed by atoms with E-state index in [1.165, 1.54) is 24.4 Å². The highest BCUT2D eigenvalue weighted by atomic mass is 19.1. The minimum Gasteiger partial charge on any atom is -0.483 e. The molecule has 0 N–H and O–H groups in total. The van der Waals surface area contributed by atoms with Crippen molar-refractivity contribution in [1.82, 2.24) is 9.47 Å². The van der Waals surface area contributed by atoms with Gasteiger partial charge in [0.15, 0.2) is 5.75 Å². The molecule has 1 aromatic heterocycles. The molecule has 4 rings (SSSR count). The molecule has 1 saturated heterocycles. The fourth-order valence-corrected chi connectivity index (χ4v) is 3.64. The lowest BCUT2D eigenvalue weighted by molar-refractivity contribution is 0.0736. The van der Waals surface area contributed by atoms with Crippen LogP contribution in [-0.2, 0) is 13.7 Å². The molecule has 0 bridgehead atoms. The monoisotopic (exact) mass is 421 g/mol. The SMILES string of the molecule is Cn1cc(OCc2ccc(F)cc2)c(=O)cc1C(=O)N1CCN(c2ccccc2)CC1. The van der Waals surface area contributed by atoms with E-state index in [9.17, 15) is 14.0 Å². The summed E-state index contributed by atoms with van der Waals surface area (Å²) >= 11 is 0. The van der Waals surface area contributed by atoms with Gasteiger partial charge in [-0.05, 0) is 29.8 Å². The molecule has 1 amide bonds. The molecule has 2 aromatic carbocycles. The van der Waals surface area contributed by atoms with E-state index >= 15 is 0 Å². The number of carbonyl (C=O) groups is 1. The second kappa shape index (κ2) is 9.04. The van der Waals surface area contributed by atoms with E-state index in [2.05, 4.69) is 17.0 Å². The molecule has 1 aliphatic heterocycles.